The summed E-state index contributed by atoms with van der Waals surface area (Å²) in [4.78, 5) is 5.92. The van der Waals surface area contributed by atoms with Crippen LogP contribution in [0.15, 0.2) is 35.7 Å². The first-order valence-corrected chi connectivity index (χ1v) is 6.90. The molecule has 0 fully saturated rings. The SMILES string of the molecule is NC(=S)c1cc(NS(=O)(=O)c2cnc[nH]2)ccc1F. The number of anilines is 1. The molecule has 0 bridgehead atoms. The third-order valence-corrected chi connectivity index (χ3v) is 3.77. The number of rotatable bonds is 4. The van der Waals surface area contributed by atoms with Crippen LogP contribution in [0, 0.1) is 5.82 Å². The lowest BCUT2D eigenvalue weighted by atomic mass is 10.2. The van der Waals surface area contributed by atoms with Crippen molar-refractivity contribution in [2.24, 2.45) is 5.73 Å². The number of thiocarbonyl (C=S) groups is 1. The maximum atomic E-state index is 13.4. The Morgan fingerprint density at radius 1 is 1.47 bits per heavy atom. The van der Waals surface area contributed by atoms with Gasteiger partial charge in [-0.25, -0.2) is 9.37 Å². The largest absolute Gasteiger partial charge is 0.389 e. The number of nitrogens with one attached hydrogen (secondary N) is 2. The predicted molar refractivity (Wildman–Crippen MR) is 71.7 cm³/mol. The maximum Gasteiger partial charge on any atom is 0.278 e. The minimum absolute atomic E-state index is 0.0280. The van der Waals surface area contributed by atoms with Crippen LogP contribution in [0.3, 0.4) is 0 Å². The number of imidazole rings is 1. The van der Waals surface area contributed by atoms with Gasteiger partial charge in [0.15, 0.2) is 5.03 Å². The van der Waals surface area contributed by atoms with Crippen LogP contribution in [-0.4, -0.2) is 23.4 Å². The van der Waals surface area contributed by atoms with Crippen LogP contribution < -0.4 is 10.5 Å². The summed E-state index contributed by atoms with van der Waals surface area (Å²) in [7, 11) is -3.80. The topological polar surface area (TPSA) is 101 Å². The van der Waals surface area contributed by atoms with E-state index in [1.807, 2.05) is 0 Å². The van der Waals surface area contributed by atoms with Gasteiger partial charge in [0.25, 0.3) is 10.0 Å². The molecule has 6 nitrogen and oxygen atoms in total. The second-order valence-electron chi connectivity index (χ2n) is 3.58. The van der Waals surface area contributed by atoms with E-state index in [0.29, 0.717) is 0 Å². The van der Waals surface area contributed by atoms with Crippen LogP contribution in [-0.2, 0) is 10.0 Å². The number of nitrogens with two attached hydrogens (primary N) is 1. The van der Waals surface area contributed by atoms with Crippen LogP contribution in [0.1, 0.15) is 5.56 Å². The summed E-state index contributed by atoms with van der Waals surface area (Å²) in [6.45, 7) is 0. The first-order valence-electron chi connectivity index (χ1n) is 5.01. The lowest BCUT2D eigenvalue weighted by Crippen LogP contribution is -2.16. The van der Waals surface area contributed by atoms with E-state index in [-0.39, 0.29) is 21.3 Å². The van der Waals surface area contributed by atoms with Gasteiger partial charge in [0.05, 0.1) is 12.5 Å². The fourth-order valence-electron chi connectivity index (χ4n) is 1.38. The minimum atomic E-state index is -3.80. The summed E-state index contributed by atoms with van der Waals surface area (Å²) >= 11 is 4.67. The molecule has 0 radical (unpaired) electrons. The molecule has 1 heterocycles. The summed E-state index contributed by atoms with van der Waals surface area (Å²) in [6, 6.07) is 3.58. The normalized spacial score (nSPS) is 11.2. The van der Waals surface area contributed by atoms with Gasteiger partial charge in [0, 0.05) is 11.3 Å². The van der Waals surface area contributed by atoms with Gasteiger partial charge >= 0.3 is 0 Å². The van der Waals surface area contributed by atoms with Gasteiger partial charge in [-0.1, -0.05) is 12.2 Å². The minimum Gasteiger partial charge on any atom is -0.389 e. The van der Waals surface area contributed by atoms with Crippen molar-refractivity contribution in [1.29, 1.82) is 0 Å². The van der Waals surface area contributed by atoms with Crippen LogP contribution in [0.2, 0.25) is 0 Å². The van der Waals surface area contributed by atoms with Gasteiger partial charge in [-0.15, -0.1) is 0 Å². The second-order valence-corrected chi connectivity index (χ2v) is 5.67. The number of H-pyrrole nitrogens is 1. The van der Waals surface area contributed by atoms with Crippen LogP contribution >= 0.6 is 12.2 Å². The molecule has 0 aliphatic heterocycles. The molecule has 2 rings (SSSR count). The van der Waals surface area contributed by atoms with Gasteiger partial charge in [-0.3, -0.25) is 4.72 Å². The van der Waals surface area contributed by atoms with Crippen molar-refractivity contribution < 1.29 is 12.8 Å². The number of halogens is 1. The van der Waals surface area contributed by atoms with E-state index in [2.05, 4.69) is 26.9 Å². The van der Waals surface area contributed by atoms with E-state index in [9.17, 15) is 12.8 Å². The van der Waals surface area contributed by atoms with Gasteiger partial charge in [0.2, 0.25) is 0 Å². The number of hydrogen-bond acceptors (Lipinski definition) is 4. The fraction of sp³-hybridized carbons (Fsp3) is 0. The second kappa shape index (κ2) is 4.94. The average molecular weight is 300 g/mol. The third-order valence-electron chi connectivity index (χ3n) is 2.25. The van der Waals surface area contributed by atoms with Crippen molar-refractivity contribution in [2.75, 3.05) is 4.72 Å². The number of aromatic nitrogens is 2. The summed E-state index contributed by atoms with van der Waals surface area (Å²) < 4.78 is 39.4. The van der Waals surface area contributed by atoms with Crippen molar-refractivity contribution >= 4 is 32.9 Å². The van der Waals surface area contributed by atoms with Crippen LogP contribution in [0.4, 0.5) is 10.1 Å². The summed E-state index contributed by atoms with van der Waals surface area (Å²) in [5.41, 5.74) is 5.46. The maximum absolute atomic E-state index is 13.4. The Bertz CT molecular complexity index is 713. The fourth-order valence-corrected chi connectivity index (χ4v) is 2.49. The third kappa shape index (κ3) is 2.88. The van der Waals surface area contributed by atoms with Crippen LogP contribution in [0.25, 0.3) is 0 Å². The van der Waals surface area contributed by atoms with Crippen molar-refractivity contribution in [3.8, 4) is 0 Å². The Hall–Kier alpha value is -2.00. The standard InChI is InChI=1S/C10H9FN4O2S2/c11-8-2-1-6(3-7(8)10(12)18)15-19(16,17)9-4-13-5-14-9/h1-5,15H,(H2,12,18)(H,13,14). The molecule has 0 aliphatic rings. The molecular weight excluding hydrogens is 291 g/mol. The Labute approximate surface area is 113 Å². The highest BCUT2D eigenvalue weighted by molar-refractivity contribution is 7.92. The molecule has 0 saturated heterocycles. The Balaban J connectivity index is 2.35. The van der Waals surface area contributed by atoms with Gasteiger partial charge < -0.3 is 10.7 Å². The zero-order valence-electron chi connectivity index (χ0n) is 9.42. The smallest absolute Gasteiger partial charge is 0.278 e. The molecule has 0 atom stereocenters. The Morgan fingerprint density at radius 2 is 2.21 bits per heavy atom. The molecule has 4 N–H and O–H groups in total. The number of nitrogens with zero attached hydrogens (tertiary/aromatic N) is 1. The van der Waals surface area contributed by atoms with E-state index in [0.717, 1.165) is 12.3 Å². The molecule has 1 aromatic heterocycles. The Kier molecular flexibility index (Phi) is 3.49. The molecule has 9 heteroatoms. The first-order chi connectivity index (χ1) is 8.90. The molecule has 2 aromatic rings. The van der Waals surface area contributed by atoms with Crippen molar-refractivity contribution in [1.82, 2.24) is 9.97 Å². The highest BCUT2D eigenvalue weighted by Crippen LogP contribution is 2.18. The quantitative estimate of drug-likeness (QED) is 0.731. The van der Waals surface area contributed by atoms with E-state index in [1.54, 1.807) is 0 Å². The molecular formula is C10H9FN4O2S2. The number of hydrogen-bond donors (Lipinski definition) is 3. The number of benzene rings is 1. The highest BCUT2D eigenvalue weighted by Gasteiger charge is 2.16. The molecule has 0 aliphatic carbocycles. The van der Waals surface area contributed by atoms with Crippen molar-refractivity contribution in [2.45, 2.75) is 5.03 Å². The predicted octanol–water partition coefficient (Wildman–Crippen LogP) is 0.984. The summed E-state index contributed by atoms with van der Waals surface area (Å²) in [5, 5.41) is -0.103. The Morgan fingerprint density at radius 3 is 2.79 bits per heavy atom. The lowest BCUT2D eigenvalue weighted by molar-refractivity contribution is 0.598. The monoisotopic (exact) mass is 300 g/mol. The van der Waals surface area contributed by atoms with Gasteiger partial charge in [0.1, 0.15) is 10.8 Å². The van der Waals surface area contributed by atoms with Crippen molar-refractivity contribution in [3.63, 3.8) is 0 Å². The van der Waals surface area contributed by atoms with E-state index >= 15 is 0 Å². The van der Waals surface area contributed by atoms with E-state index in [4.69, 9.17) is 5.73 Å². The number of sulfonamides is 1. The zero-order valence-corrected chi connectivity index (χ0v) is 11.1. The summed E-state index contributed by atoms with van der Waals surface area (Å²) in [6.07, 6.45) is 2.39. The van der Waals surface area contributed by atoms with Gasteiger partial charge in [-0.2, -0.15) is 8.42 Å². The van der Waals surface area contributed by atoms with E-state index in [1.165, 1.54) is 18.5 Å². The average Bonchev–Trinajstić information content (AvgIpc) is 2.85. The van der Waals surface area contributed by atoms with E-state index < -0.39 is 15.8 Å². The molecule has 100 valence electrons. The first kappa shape index (κ1) is 13.4. The summed E-state index contributed by atoms with van der Waals surface area (Å²) in [5.74, 6) is -0.614. The lowest BCUT2D eigenvalue weighted by Gasteiger charge is -2.08. The molecule has 0 saturated carbocycles. The molecule has 0 spiro atoms. The van der Waals surface area contributed by atoms with Crippen molar-refractivity contribution in [3.05, 3.63) is 42.1 Å². The highest BCUT2D eigenvalue weighted by atomic mass is 32.2. The number of aromatic amines is 1. The molecule has 19 heavy (non-hydrogen) atoms. The zero-order chi connectivity index (χ0) is 14.0. The molecule has 0 unspecified atom stereocenters. The molecule has 0 amide bonds. The van der Waals surface area contributed by atoms with Crippen LogP contribution in [0.5, 0.6) is 0 Å². The van der Waals surface area contributed by atoms with Gasteiger partial charge in [-0.05, 0) is 18.2 Å². The molecule has 1 aromatic carbocycles.